The van der Waals surface area contributed by atoms with E-state index in [-0.39, 0.29) is 23.5 Å². The monoisotopic (exact) mass is 492 g/mol. The third-order valence-electron chi connectivity index (χ3n) is 6.42. The first-order chi connectivity index (χ1) is 17.9. The molecular formula is C28H21FN6O2. The summed E-state index contributed by atoms with van der Waals surface area (Å²) in [6.07, 6.45) is 1.35. The number of aromatic hydroxyl groups is 1. The number of halogens is 1. The lowest BCUT2D eigenvalue weighted by Gasteiger charge is -2.17. The van der Waals surface area contributed by atoms with Crippen LogP contribution in [0.3, 0.4) is 0 Å². The van der Waals surface area contributed by atoms with Gasteiger partial charge >= 0.3 is 0 Å². The van der Waals surface area contributed by atoms with Gasteiger partial charge in [-0.2, -0.15) is 5.10 Å². The minimum atomic E-state index is -0.576. The summed E-state index contributed by atoms with van der Waals surface area (Å²) in [4.78, 5) is 22.3. The zero-order valence-electron chi connectivity index (χ0n) is 19.8. The SMILES string of the molecule is Cc1ccccc1-n1c(Cn2nc(-c3cccc(O)c3)c3c(N)ncnc32)cc2cccc(F)c2c1=O. The molecule has 182 valence electrons. The first-order valence-electron chi connectivity index (χ1n) is 11.6. The number of hydrogen-bond acceptors (Lipinski definition) is 6. The standard InChI is InChI=1S/C28H21FN6O2/c1-16-6-2-3-11-22(16)35-19(12-17-7-5-10-21(29)23(17)28(35)37)14-34-27-24(26(30)31-15-32-27)25(33-34)18-8-4-9-20(36)13-18/h2-13,15,36H,14H2,1H3,(H2,30,31,32). The average Bonchev–Trinajstić information content (AvgIpc) is 3.25. The fourth-order valence-electron chi connectivity index (χ4n) is 4.72. The lowest BCUT2D eigenvalue weighted by Crippen LogP contribution is -2.25. The van der Waals surface area contributed by atoms with E-state index in [1.165, 1.54) is 17.0 Å². The maximum Gasteiger partial charge on any atom is 0.266 e. The number of phenolic OH excluding ortho intramolecular Hbond substituents is 1. The van der Waals surface area contributed by atoms with Crippen molar-refractivity contribution in [1.29, 1.82) is 0 Å². The number of hydrogen-bond donors (Lipinski definition) is 2. The molecular weight excluding hydrogens is 471 g/mol. The Morgan fingerprint density at radius 1 is 0.973 bits per heavy atom. The topological polar surface area (TPSA) is 112 Å². The lowest BCUT2D eigenvalue weighted by molar-refractivity contribution is 0.475. The van der Waals surface area contributed by atoms with Gasteiger partial charge in [0.25, 0.3) is 5.56 Å². The highest BCUT2D eigenvalue weighted by molar-refractivity contribution is 5.98. The van der Waals surface area contributed by atoms with Gasteiger partial charge in [-0.1, -0.05) is 42.5 Å². The first-order valence-corrected chi connectivity index (χ1v) is 11.6. The zero-order chi connectivity index (χ0) is 25.7. The van der Waals surface area contributed by atoms with Gasteiger partial charge < -0.3 is 10.8 Å². The Bertz CT molecular complexity index is 1890. The number of nitrogens with zero attached hydrogens (tertiary/aromatic N) is 5. The van der Waals surface area contributed by atoms with Crippen LogP contribution in [0, 0.1) is 12.7 Å². The Balaban J connectivity index is 1.63. The molecule has 0 spiro atoms. The van der Waals surface area contributed by atoms with E-state index < -0.39 is 11.4 Å². The van der Waals surface area contributed by atoms with E-state index in [2.05, 4.69) is 9.97 Å². The molecule has 9 heteroatoms. The maximum absolute atomic E-state index is 14.8. The van der Waals surface area contributed by atoms with Crippen molar-refractivity contribution in [1.82, 2.24) is 24.3 Å². The Kier molecular flexibility index (Phi) is 5.19. The Labute approximate surface area is 210 Å². The van der Waals surface area contributed by atoms with E-state index >= 15 is 0 Å². The van der Waals surface area contributed by atoms with Crippen molar-refractivity contribution >= 4 is 27.6 Å². The predicted molar refractivity (Wildman–Crippen MR) is 140 cm³/mol. The number of benzene rings is 3. The molecule has 37 heavy (non-hydrogen) atoms. The normalized spacial score (nSPS) is 11.4. The molecule has 0 aliphatic rings. The summed E-state index contributed by atoms with van der Waals surface area (Å²) < 4.78 is 18.0. The van der Waals surface area contributed by atoms with Crippen LogP contribution in [0.25, 0.3) is 38.8 Å². The van der Waals surface area contributed by atoms with Gasteiger partial charge in [-0.15, -0.1) is 0 Å². The van der Waals surface area contributed by atoms with E-state index in [1.807, 2.05) is 31.2 Å². The predicted octanol–water partition coefficient (Wildman–Crippen LogP) is 4.58. The highest BCUT2D eigenvalue weighted by Crippen LogP contribution is 2.32. The van der Waals surface area contributed by atoms with Crippen molar-refractivity contribution in [3.63, 3.8) is 0 Å². The minimum Gasteiger partial charge on any atom is -0.508 e. The Morgan fingerprint density at radius 2 is 1.78 bits per heavy atom. The molecule has 0 saturated carbocycles. The Morgan fingerprint density at radius 3 is 2.59 bits per heavy atom. The van der Waals surface area contributed by atoms with E-state index in [9.17, 15) is 14.3 Å². The molecule has 3 aromatic heterocycles. The highest BCUT2D eigenvalue weighted by Gasteiger charge is 2.21. The fourth-order valence-corrected chi connectivity index (χ4v) is 4.72. The second-order valence-corrected chi connectivity index (χ2v) is 8.78. The summed E-state index contributed by atoms with van der Waals surface area (Å²) in [5.41, 5.74) is 9.47. The summed E-state index contributed by atoms with van der Waals surface area (Å²) in [6, 6.07) is 20.5. The molecule has 0 saturated heterocycles. The molecule has 0 aliphatic carbocycles. The lowest BCUT2D eigenvalue weighted by atomic mass is 10.1. The van der Waals surface area contributed by atoms with Crippen molar-refractivity contribution in [3.05, 3.63) is 107 Å². The van der Waals surface area contributed by atoms with Crippen LogP contribution in [0.2, 0.25) is 0 Å². The minimum absolute atomic E-state index is 0.0202. The van der Waals surface area contributed by atoms with Gasteiger partial charge in [0, 0.05) is 11.3 Å². The smallest absolute Gasteiger partial charge is 0.266 e. The number of nitrogen functional groups attached to an aromatic ring is 1. The highest BCUT2D eigenvalue weighted by atomic mass is 19.1. The first kappa shape index (κ1) is 22.4. The van der Waals surface area contributed by atoms with Crippen molar-refractivity contribution in [2.75, 3.05) is 5.73 Å². The number of fused-ring (bicyclic) bond motifs is 2. The molecule has 0 unspecified atom stereocenters. The molecule has 8 nitrogen and oxygen atoms in total. The molecule has 0 radical (unpaired) electrons. The number of rotatable bonds is 4. The maximum atomic E-state index is 14.8. The fraction of sp³-hybridized carbons (Fsp3) is 0.0714. The van der Waals surface area contributed by atoms with Gasteiger partial charge in [0.1, 0.15) is 29.4 Å². The third kappa shape index (κ3) is 3.68. The van der Waals surface area contributed by atoms with Crippen LogP contribution in [0.5, 0.6) is 5.75 Å². The number of nitrogens with two attached hydrogens (primary N) is 1. The van der Waals surface area contributed by atoms with Crippen LogP contribution in [-0.4, -0.2) is 29.4 Å². The van der Waals surface area contributed by atoms with Crippen LogP contribution >= 0.6 is 0 Å². The van der Waals surface area contributed by atoms with E-state index in [0.717, 1.165) is 5.56 Å². The average molecular weight is 493 g/mol. The number of aryl methyl sites for hydroxylation is 1. The van der Waals surface area contributed by atoms with Crippen LogP contribution in [0.1, 0.15) is 11.3 Å². The summed E-state index contributed by atoms with van der Waals surface area (Å²) >= 11 is 0. The Hall–Kier alpha value is -5.05. The van der Waals surface area contributed by atoms with Gasteiger partial charge in [0.15, 0.2) is 5.65 Å². The quantitative estimate of drug-likeness (QED) is 0.373. The largest absolute Gasteiger partial charge is 0.508 e. The van der Waals surface area contributed by atoms with Gasteiger partial charge in [-0.3, -0.25) is 9.36 Å². The van der Waals surface area contributed by atoms with Crippen LogP contribution < -0.4 is 11.3 Å². The molecule has 3 N–H and O–H groups in total. The molecule has 3 aromatic carbocycles. The second-order valence-electron chi connectivity index (χ2n) is 8.78. The van der Waals surface area contributed by atoms with Crippen LogP contribution in [-0.2, 0) is 6.54 Å². The van der Waals surface area contributed by atoms with Gasteiger partial charge in [-0.25, -0.2) is 19.0 Å². The molecule has 0 fully saturated rings. The molecule has 6 aromatic rings. The molecule has 3 heterocycles. The van der Waals surface area contributed by atoms with Crippen LogP contribution in [0.4, 0.5) is 10.2 Å². The molecule has 0 aliphatic heterocycles. The summed E-state index contributed by atoms with van der Waals surface area (Å²) in [5.74, 6) is -0.250. The second kappa shape index (κ2) is 8.56. The van der Waals surface area contributed by atoms with E-state index in [1.54, 1.807) is 47.1 Å². The van der Waals surface area contributed by atoms with Gasteiger partial charge in [0.05, 0.1) is 23.0 Å². The molecule has 0 atom stereocenters. The summed E-state index contributed by atoms with van der Waals surface area (Å²) in [7, 11) is 0. The number of para-hydroxylation sites is 1. The zero-order valence-corrected chi connectivity index (χ0v) is 19.8. The number of anilines is 1. The molecule has 6 rings (SSSR count). The van der Waals surface area contributed by atoms with E-state index in [0.29, 0.717) is 39.1 Å². The van der Waals surface area contributed by atoms with Crippen molar-refractivity contribution in [2.24, 2.45) is 0 Å². The number of phenols is 1. The third-order valence-corrected chi connectivity index (χ3v) is 6.42. The number of pyridine rings is 1. The van der Waals surface area contributed by atoms with Gasteiger partial charge in [-0.05, 0) is 48.2 Å². The number of aromatic nitrogens is 5. The van der Waals surface area contributed by atoms with Crippen LogP contribution in [0.15, 0.2) is 83.9 Å². The van der Waals surface area contributed by atoms with Crippen molar-refractivity contribution < 1.29 is 9.50 Å². The van der Waals surface area contributed by atoms with Gasteiger partial charge in [0.2, 0.25) is 0 Å². The molecule has 0 bridgehead atoms. The van der Waals surface area contributed by atoms with E-state index in [4.69, 9.17) is 10.8 Å². The van der Waals surface area contributed by atoms with Crippen molar-refractivity contribution in [3.8, 4) is 22.7 Å². The summed E-state index contributed by atoms with van der Waals surface area (Å²) in [6.45, 7) is 2.04. The summed E-state index contributed by atoms with van der Waals surface area (Å²) in [5, 5.41) is 15.9. The molecule has 0 amide bonds. The van der Waals surface area contributed by atoms with Crippen molar-refractivity contribution in [2.45, 2.75) is 13.5 Å².